The van der Waals surface area contributed by atoms with Crippen LogP contribution in [0.5, 0.6) is 0 Å². The fourth-order valence-electron chi connectivity index (χ4n) is 1.61. The van der Waals surface area contributed by atoms with Gasteiger partial charge in [0.15, 0.2) is 0 Å². The van der Waals surface area contributed by atoms with E-state index in [-0.39, 0.29) is 11.9 Å². The average Bonchev–Trinajstić information content (AvgIpc) is 2.78. The Balaban J connectivity index is 2.56. The highest BCUT2D eigenvalue weighted by Gasteiger charge is 2.19. The third kappa shape index (κ3) is 3.38. The number of amides is 1. The first-order valence-electron chi connectivity index (χ1n) is 5.75. The number of carbonyl (C=O) groups is 1. The summed E-state index contributed by atoms with van der Waals surface area (Å²) in [5.74, 6) is 0.791. The molecule has 4 nitrogen and oxygen atoms in total. The maximum Gasteiger partial charge on any atom is 0.239 e. The summed E-state index contributed by atoms with van der Waals surface area (Å²) in [5, 5.41) is 0. The number of carbonyl (C=O) groups excluding carboxylic acids is 1. The van der Waals surface area contributed by atoms with Crippen molar-refractivity contribution < 1.29 is 9.21 Å². The molecule has 1 unspecified atom stereocenters. The molecule has 4 heteroatoms. The lowest BCUT2D eigenvalue weighted by Gasteiger charge is -2.23. The van der Waals surface area contributed by atoms with Crippen LogP contribution in [0.25, 0.3) is 0 Å². The van der Waals surface area contributed by atoms with Crippen LogP contribution in [0.15, 0.2) is 22.8 Å². The molecular weight excluding hydrogens is 204 g/mol. The van der Waals surface area contributed by atoms with Gasteiger partial charge in [-0.2, -0.15) is 0 Å². The molecule has 0 aromatic carbocycles. The van der Waals surface area contributed by atoms with Crippen molar-refractivity contribution in [2.45, 2.75) is 39.3 Å². The van der Waals surface area contributed by atoms with E-state index in [0.29, 0.717) is 13.1 Å². The van der Waals surface area contributed by atoms with Crippen LogP contribution in [-0.2, 0) is 11.3 Å². The van der Waals surface area contributed by atoms with Crippen LogP contribution < -0.4 is 5.73 Å². The van der Waals surface area contributed by atoms with Gasteiger partial charge < -0.3 is 15.1 Å². The zero-order chi connectivity index (χ0) is 12.0. The Morgan fingerprint density at radius 1 is 1.56 bits per heavy atom. The van der Waals surface area contributed by atoms with Crippen molar-refractivity contribution in [1.29, 1.82) is 0 Å². The van der Waals surface area contributed by atoms with Gasteiger partial charge in [-0.1, -0.05) is 13.3 Å². The predicted molar refractivity (Wildman–Crippen MR) is 62.7 cm³/mol. The molecule has 1 rings (SSSR count). The second-order valence-corrected chi connectivity index (χ2v) is 3.83. The number of furan rings is 1. The van der Waals surface area contributed by atoms with Crippen molar-refractivity contribution >= 4 is 5.91 Å². The van der Waals surface area contributed by atoms with Gasteiger partial charge in [0.1, 0.15) is 5.76 Å². The molecule has 1 atom stereocenters. The largest absolute Gasteiger partial charge is 0.467 e. The molecule has 1 heterocycles. The second-order valence-electron chi connectivity index (χ2n) is 3.83. The summed E-state index contributed by atoms with van der Waals surface area (Å²) in [6, 6.07) is 3.29. The van der Waals surface area contributed by atoms with Crippen molar-refractivity contribution in [3.63, 3.8) is 0 Å². The molecule has 0 fully saturated rings. The van der Waals surface area contributed by atoms with Crippen molar-refractivity contribution in [2.75, 3.05) is 6.54 Å². The van der Waals surface area contributed by atoms with E-state index in [9.17, 15) is 4.79 Å². The van der Waals surface area contributed by atoms with Crippen molar-refractivity contribution in [3.8, 4) is 0 Å². The predicted octanol–water partition coefficient (Wildman–Crippen LogP) is 1.76. The molecule has 0 bridgehead atoms. The summed E-state index contributed by atoms with van der Waals surface area (Å²) in [6.07, 6.45) is 3.26. The molecular formula is C12H20N2O2. The number of hydrogen-bond acceptors (Lipinski definition) is 3. The highest BCUT2D eigenvalue weighted by atomic mass is 16.3. The first-order chi connectivity index (χ1) is 7.69. The highest BCUT2D eigenvalue weighted by Crippen LogP contribution is 2.08. The van der Waals surface area contributed by atoms with Crippen LogP contribution in [0.2, 0.25) is 0 Å². The smallest absolute Gasteiger partial charge is 0.239 e. The number of nitrogens with zero attached hydrogens (tertiary/aromatic N) is 1. The van der Waals surface area contributed by atoms with E-state index in [4.69, 9.17) is 10.2 Å². The third-order valence-corrected chi connectivity index (χ3v) is 2.54. The summed E-state index contributed by atoms with van der Waals surface area (Å²) >= 11 is 0. The minimum atomic E-state index is -0.389. The zero-order valence-electron chi connectivity index (χ0n) is 9.98. The molecule has 1 amide bonds. The maximum atomic E-state index is 11.9. The molecule has 0 radical (unpaired) electrons. The van der Waals surface area contributed by atoms with Gasteiger partial charge in [-0.25, -0.2) is 0 Å². The van der Waals surface area contributed by atoms with E-state index in [1.54, 1.807) is 11.2 Å². The Morgan fingerprint density at radius 3 is 2.81 bits per heavy atom. The van der Waals surface area contributed by atoms with Crippen LogP contribution in [0.3, 0.4) is 0 Å². The quantitative estimate of drug-likeness (QED) is 0.801. The van der Waals surface area contributed by atoms with Crippen molar-refractivity contribution in [1.82, 2.24) is 4.90 Å². The van der Waals surface area contributed by atoms with E-state index in [0.717, 1.165) is 18.6 Å². The minimum absolute atomic E-state index is 0.000694. The molecule has 0 aliphatic rings. The third-order valence-electron chi connectivity index (χ3n) is 2.54. The molecule has 0 saturated carbocycles. The molecule has 16 heavy (non-hydrogen) atoms. The fourth-order valence-corrected chi connectivity index (χ4v) is 1.61. The number of likely N-dealkylation sites (N-methyl/N-ethyl adjacent to an activating group) is 1. The summed E-state index contributed by atoms with van der Waals surface area (Å²) in [5.41, 5.74) is 5.81. The topological polar surface area (TPSA) is 59.5 Å². The Bertz CT molecular complexity index is 309. The van der Waals surface area contributed by atoms with Gasteiger partial charge in [-0.3, -0.25) is 4.79 Å². The van der Waals surface area contributed by atoms with Crippen LogP contribution >= 0.6 is 0 Å². The lowest BCUT2D eigenvalue weighted by molar-refractivity contribution is -0.133. The minimum Gasteiger partial charge on any atom is -0.467 e. The summed E-state index contributed by atoms with van der Waals surface area (Å²) in [4.78, 5) is 13.7. The van der Waals surface area contributed by atoms with Gasteiger partial charge in [-0.15, -0.1) is 0 Å². The van der Waals surface area contributed by atoms with Crippen LogP contribution in [0.4, 0.5) is 0 Å². The number of nitrogens with two attached hydrogens (primary N) is 1. The summed E-state index contributed by atoms with van der Waals surface area (Å²) < 4.78 is 5.22. The Labute approximate surface area is 96.4 Å². The summed E-state index contributed by atoms with van der Waals surface area (Å²) in [7, 11) is 0. The standard InChI is InChI=1S/C12H20N2O2/c1-3-6-11(13)12(15)14(4-2)9-10-7-5-8-16-10/h5,7-8,11H,3-4,6,9,13H2,1-2H3. The molecule has 1 aromatic rings. The monoisotopic (exact) mass is 224 g/mol. The van der Waals surface area contributed by atoms with Crippen LogP contribution in [0.1, 0.15) is 32.4 Å². The van der Waals surface area contributed by atoms with E-state index in [1.807, 2.05) is 26.0 Å². The molecule has 2 N–H and O–H groups in total. The Kier molecular flexibility index (Phi) is 5.05. The van der Waals surface area contributed by atoms with Gasteiger partial charge in [-0.05, 0) is 25.5 Å². The van der Waals surface area contributed by atoms with Crippen LogP contribution in [0, 0.1) is 0 Å². The number of hydrogen-bond donors (Lipinski definition) is 1. The summed E-state index contributed by atoms with van der Waals surface area (Å²) in [6.45, 7) is 5.12. The fraction of sp³-hybridized carbons (Fsp3) is 0.583. The van der Waals surface area contributed by atoms with Crippen molar-refractivity contribution in [3.05, 3.63) is 24.2 Å². The molecule has 90 valence electrons. The van der Waals surface area contributed by atoms with Gasteiger partial charge in [0, 0.05) is 6.54 Å². The first kappa shape index (κ1) is 12.8. The van der Waals surface area contributed by atoms with E-state index >= 15 is 0 Å². The molecule has 0 spiro atoms. The van der Waals surface area contributed by atoms with Gasteiger partial charge in [0.25, 0.3) is 0 Å². The van der Waals surface area contributed by atoms with Gasteiger partial charge in [0.2, 0.25) is 5.91 Å². The Hall–Kier alpha value is -1.29. The van der Waals surface area contributed by atoms with Gasteiger partial charge in [0.05, 0.1) is 18.8 Å². The van der Waals surface area contributed by atoms with E-state index < -0.39 is 0 Å². The lowest BCUT2D eigenvalue weighted by Crippen LogP contribution is -2.43. The number of rotatable bonds is 6. The average molecular weight is 224 g/mol. The normalized spacial score (nSPS) is 12.4. The van der Waals surface area contributed by atoms with Crippen LogP contribution in [-0.4, -0.2) is 23.4 Å². The zero-order valence-corrected chi connectivity index (χ0v) is 9.98. The van der Waals surface area contributed by atoms with Gasteiger partial charge >= 0.3 is 0 Å². The maximum absolute atomic E-state index is 11.9. The highest BCUT2D eigenvalue weighted by molar-refractivity contribution is 5.81. The molecule has 1 aromatic heterocycles. The molecule has 0 aliphatic heterocycles. The Morgan fingerprint density at radius 2 is 2.31 bits per heavy atom. The van der Waals surface area contributed by atoms with E-state index in [1.165, 1.54) is 0 Å². The van der Waals surface area contributed by atoms with Crippen molar-refractivity contribution in [2.24, 2.45) is 5.73 Å². The first-order valence-corrected chi connectivity index (χ1v) is 5.75. The molecule has 0 aliphatic carbocycles. The SMILES string of the molecule is CCCC(N)C(=O)N(CC)Cc1ccco1. The molecule has 0 saturated heterocycles. The lowest BCUT2D eigenvalue weighted by atomic mass is 10.1. The second kappa shape index (κ2) is 6.33. The van der Waals surface area contributed by atoms with E-state index in [2.05, 4.69) is 0 Å².